The fraction of sp³-hybridized carbons (Fsp3) is 0. The van der Waals surface area contributed by atoms with E-state index in [0.717, 1.165) is 84.0 Å². The van der Waals surface area contributed by atoms with Crippen LogP contribution in [0.2, 0.25) is 0 Å². The summed E-state index contributed by atoms with van der Waals surface area (Å²) < 4.78 is 10.0. The zero-order valence-electron chi connectivity index (χ0n) is 50.3. The van der Waals surface area contributed by atoms with Gasteiger partial charge in [-0.2, -0.15) is 0 Å². The summed E-state index contributed by atoms with van der Waals surface area (Å²) in [5.41, 5.74) is 18.9. The molecule has 0 N–H and O–H groups in total. The van der Waals surface area contributed by atoms with Gasteiger partial charge in [0.2, 0.25) is 0 Å². The summed E-state index contributed by atoms with van der Waals surface area (Å²) in [5, 5.41) is 10.1. The second kappa shape index (κ2) is 22.3. The summed E-state index contributed by atoms with van der Waals surface area (Å²) in [6.45, 7) is 0. The Morgan fingerprint density at radius 2 is 0.383 bits per heavy atom. The van der Waals surface area contributed by atoms with Crippen molar-refractivity contribution in [2.24, 2.45) is 0 Å². The van der Waals surface area contributed by atoms with Gasteiger partial charge in [-0.1, -0.05) is 224 Å². The predicted octanol–water partition coefficient (Wildman–Crippen LogP) is 25.4. The molecule has 0 unspecified atom stereocenters. The van der Waals surface area contributed by atoms with E-state index in [2.05, 4.69) is 303 Å². The molecule has 0 aliphatic heterocycles. The first-order chi connectivity index (χ1) is 46.5. The molecule has 0 aliphatic carbocycles. The van der Waals surface area contributed by atoms with Crippen molar-refractivity contribution < 1.29 is 0 Å². The molecule has 0 spiro atoms. The predicted molar refractivity (Wildman–Crippen MR) is 404 cm³/mol. The van der Waals surface area contributed by atoms with Crippen molar-refractivity contribution in [3.05, 3.63) is 303 Å². The highest BCUT2D eigenvalue weighted by atomic mass is 32.1. The van der Waals surface area contributed by atoms with Crippen LogP contribution in [0.25, 0.3) is 193 Å². The number of fused-ring (bicyclic) bond motifs is 12. The third-order valence-electron chi connectivity index (χ3n) is 18.3. The lowest BCUT2D eigenvalue weighted by Crippen LogP contribution is -1.96. The maximum absolute atomic E-state index is 5.41. The molecule has 438 valence electrons. The summed E-state index contributed by atoms with van der Waals surface area (Å²) in [6, 6.07) is 110. The van der Waals surface area contributed by atoms with Crippen molar-refractivity contribution in [3.63, 3.8) is 0 Å². The van der Waals surface area contributed by atoms with Crippen LogP contribution in [0.1, 0.15) is 0 Å². The fourth-order valence-corrected chi connectivity index (χ4v) is 18.2. The number of hydrogen-bond donors (Lipinski definition) is 0. The van der Waals surface area contributed by atoms with E-state index in [9.17, 15) is 0 Å². The van der Waals surface area contributed by atoms with Gasteiger partial charge in [-0.05, 0) is 123 Å². The Hall–Kier alpha value is -11.1. The van der Waals surface area contributed by atoms with Crippen molar-refractivity contribution in [2.75, 3.05) is 0 Å². The SMILES string of the molecule is c1ccc(-c2cccc(-c3cccc(-c4nc(-c5ccc6c(c5)sc5ccccc56)cc(-c5ccc6c(c5)sc5cc(-c7ccc(-c8cccc(-c9nc(-c%10ccc%11c(c%10)sc%10ccccc%10%11)cc(-c%10ccc%11c(c%10)sc%10ccccc%10%11)n9)c8)cc7)ccc56)n4)c3)c2)cc1. The van der Waals surface area contributed by atoms with Crippen molar-refractivity contribution >= 4 is 126 Å². The van der Waals surface area contributed by atoms with Gasteiger partial charge < -0.3 is 0 Å². The molecule has 19 aromatic rings. The van der Waals surface area contributed by atoms with Crippen LogP contribution in [0.5, 0.6) is 0 Å². The largest absolute Gasteiger partial charge is 0.228 e. The van der Waals surface area contributed by atoms with Crippen molar-refractivity contribution in [2.45, 2.75) is 0 Å². The van der Waals surface area contributed by atoms with Gasteiger partial charge in [0.15, 0.2) is 11.6 Å². The maximum atomic E-state index is 5.41. The lowest BCUT2D eigenvalue weighted by atomic mass is 9.97. The van der Waals surface area contributed by atoms with Crippen LogP contribution in [0, 0.1) is 0 Å². The molecule has 19 rings (SSSR count). The summed E-state index contributed by atoms with van der Waals surface area (Å²) >= 11 is 7.32. The molecule has 0 atom stereocenters. The molecule has 4 nitrogen and oxygen atoms in total. The first-order valence-corrected chi connectivity index (χ1v) is 34.7. The Morgan fingerprint density at radius 1 is 0.149 bits per heavy atom. The number of hydrogen-bond acceptors (Lipinski definition) is 8. The average molecular weight is 1270 g/mol. The molecule has 13 aromatic carbocycles. The Bertz CT molecular complexity index is 6120. The van der Waals surface area contributed by atoms with E-state index in [-0.39, 0.29) is 0 Å². The molecule has 6 heterocycles. The number of nitrogens with zero attached hydrogens (tertiary/aromatic N) is 4. The fourth-order valence-electron chi connectivity index (χ4n) is 13.6. The van der Waals surface area contributed by atoms with Gasteiger partial charge in [0, 0.05) is 114 Å². The van der Waals surface area contributed by atoms with Crippen LogP contribution < -0.4 is 0 Å². The lowest BCUT2D eigenvalue weighted by molar-refractivity contribution is 1.18. The molecule has 0 aliphatic rings. The van der Waals surface area contributed by atoms with E-state index in [4.69, 9.17) is 19.9 Å². The number of benzene rings is 13. The van der Waals surface area contributed by atoms with E-state index in [1.807, 2.05) is 45.3 Å². The van der Waals surface area contributed by atoms with Crippen LogP contribution in [-0.2, 0) is 0 Å². The van der Waals surface area contributed by atoms with Gasteiger partial charge in [-0.3, -0.25) is 0 Å². The molecule has 0 bridgehead atoms. The van der Waals surface area contributed by atoms with Gasteiger partial charge in [0.1, 0.15) is 0 Å². The number of aromatic nitrogens is 4. The molecule has 0 amide bonds. The molecule has 0 radical (unpaired) electrons. The molecule has 0 fully saturated rings. The normalized spacial score (nSPS) is 11.8. The highest BCUT2D eigenvalue weighted by molar-refractivity contribution is 7.27. The minimum absolute atomic E-state index is 0.688. The van der Waals surface area contributed by atoms with Gasteiger partial charge >= 0.3 is 0 Å². The third-order valence-corrected chi connectivity index (χ3v) is 22.9. The molecule has 6 aromatic heterocycles. The average Bonchev–Trinajstić information content (AvgIpc) is 1.54. The zero-order chi connectivity index (χ0) is 61.8. The summed E-state index contributed by atoms with van der Waals surface area (Å²) in [4.78, 5) is 21.5. The smallest absolute Gasteiger partial charge is 0.160 e. The van der Waals surface area contributed by atoms with E-state index in [0.29, 0.717) is 11.6 Å². The monoisotopic (exact) mass is 1270 g/mol. The quantitative estimate of drug-likeness (QED) is 0.137. The highest BCUT2D eigenvalue weighted by Crippen LogP contribution is 2.44. The van der Waals surface area contributed by atoms with Crippen molar-refractivity contribution in [1.29, 1.82) is 0 Å². The Balaban J connectivity index is 0.646. The summed E-state index contributed by atoms with van der Waals surface area (Å²) in [5.74, 6) is 1.38. The van der Waals surface area contributed by atoms with Crippen LogP contribution in [0.15, 0.2) is 303 Å². The number of rotatable bonds is 10. The van der Waals surface area contributed by atoms with Gasteiger partial charge in [-0.15, -0.1) is 45.3 Å². The molecule has 94 heavy (non-hydrogen) atoms. The molecule has 0 saturated heterocycles. The Morgan fingerprint density at radius 3 is 0.755 bits per heavy atom. The van der Waals surface area contributed by atoms with E-state index in [1.54, 1.807) is 0 Å². The molecular formula is C86H50N4S4. The summed E-state index contributed by atoms with van der Waals surface area (Å²) in [7, 11) is 0. The van der Waals surface area contributed by atoms with Gasteiger partial charge in [0.25, 0.3) is 0 Å². The second-order valence-corrected chi connectivity index (χ2v) is 28.4. The lowest BCUT2D eigenvalue weighted by Gasteiger charge is -2.11. The standard InChI is InChI=1S/C86H50N4S4/c1-2-13-51(14-3-1)54-15-10-17-56(41-54)57-18-12-20-64(43-57)86-89-75(61-34-39-70-67-23-6-9-26-79(67)93-83(70)47-61)50-76(90-86)62-35-40-72-71-36-31-58(44-80(71)94-84(72)48-62)53-29-27-52(28-30-53)55-16-11-19-63(42-55)85-87-73(59-32-37-68-65-21-4-7-24-77(65)91-81(68)45-59)49-74(88-85)60-33-38-69-66-22-5-8-25-78(66)92-82(69)46-60/h1-50H. The zero-order valence-corrected chi connectivity index (χ0v) is 53.6. The minimum Gasteiger partial charge on any atom is -0.228 e. The molecule has 0 saturated carbocycles. The highest BCUT2D eigenvalue weighted by Gasteiger charge is 2.19. The van der Waals surface area contributed by atoms with Crippen LogP contribution in [0.3, 0.4) is 0 Å². The van der Waals surface area contributed by atoms with E-state index >= 15 is 0 Å². The molecule has 8 heteroatoms. The van der Waals surface area contributed by atoms with Crippen LogP contribution >= 0.6 is 45.3 Å². The van der Waals surface area contributed by atoms with Crippen molar-refractivity contribution in [3.8, 4) is 112 Å². The Labute approximate surface area is 557 Å². The van der Waals surface area contributed by atoms with Crippen molar-refractivity contribution in [1.82, 2.24) is 19.9 Å². The topological polar surface area (TPSA) is 51.6 Å². The summed E-state index contributed by atoms with van der Waals surface area (Å²) in [6.07, 6.45) is 0. The van der Waals surface area contributed by atoms with E-state index < -0.39 is 0 Å². The van der Waals surface area contributed by atoms with Gasteiger partial charge in [-0.25, -0.2) is 19.9 Å². The van der Waals surface area contributed by atoms with Gasteiger partial charge in [0.05, 0.1) is 22.8 Å². The first-order valence-electron chi connectivity index (χ1n) is 31.4. The molecular weight excluding hydrogens is 1220 g/mol. The minimum atomic E-state index is 0.688. The number of thiophene rings is 4. The second-order valence-electron chi connectivity index (χ2n) is 24.1. The maximum Gasteiger partial charge on any atom is 0.160 e. The van der Waals surface area contributed by atoms with Crippen LogP contribution in [-0.4, -0.2) is 19.9 Å². The van der Waals surface area contributed by atoms with Crippen LogP contribution in [0.4, 0.5) is 0 Å². The third kappa shape index (κ3) is 9.69. The first kappa shape index (κ1) is 54.6. The van der Waals surface area contributed by atoms with E-state index in [1.165, 1.54) is 97.4 Å². The Kier molecular flexibility index (Phi) is 13.0.